The first kappa shape index (κ1) is 28.0. The van der Waals surface area contributed by atoms with Crippen molar-refractivity contribution in [2.24, 2.45) is 0 Å². The number of thiazole rings is 1. The normalized spacial score (nSPS) is 10.4. The maximum absolute atomic E-state index is 10.1. The minimum absolute atomic E-state index is 0. The Bertz CT molecular complexity index is 1010. The Kier molecular flexibility index (Phi) is 11.3. The Morgan fingerprint density at radius 2 is 1.56 bits per heavy atom. The van der Waals surface area contributed by atoms with E-state index in [1.165, 1.54) is 4.88 Å². The van der Waals surface area contributed by atoms with Crippen LogP contribution in [-0.2, 0) is 13.0 Å². The summed E-state index contributed by atoms with van der Waals surface area (Å²) in [4.78, 5) is 8.33. The number of halogens is 2. The summed E-state index contributed by atoms with van der Waals surface area (Å²) in [5.41, 5.74) is 3.93. The van der Waals surface area contributed by atoms with Gasteiger partial charge in [-0.15, -0.1) is 36.2 Å². The summed E-state index contributed by atoms with van der Waals surface area (Å²) in [7, 11) is 4.11. The zero-order valence-corrected chi connectivity index (χ0v) is 21.6. The van der Waals surface area contributed by atoms with Crippen molar-refractivity contribution >= 4 is 36.2 Å². The summed E-state index contributed by atoms with van der Waals surface area (Å²) in [5, 5.41) is 11.0. The molecule has 5 nitrogen and oxygen atoms in total. The molecule has 0 aliphatic carbocycles. The van der Waals surface area contributed by atoms with Crippen molar-refractivity contribution in [3.8, 4) is 39.1 Å². The summed E-state index contributed by atoms with van der Waals surface area (Å²) in [6, 6.07) is 11.7. The largest absolute Gasteiger partial charge is 0.508 e. The van der Waals surface area contributed by atoms with E-state index in [1.807, 2.05) is 51.1 Å². The smallest absolute Gasteiger partial charge is 0.161 e. The number of ether oxygens (including phenoxy) is 2. The van der Waals surface area contributed by atoms with E-state index >= 15 is 0 Å². The maximum Gasteiger partial charge on any atom is 0.161 e. The molecule has 0 saturated carbocycles. The van der Waals surface area contributed by atoms with Crippen LogP contribution in [0.5, 0.6) is 17.2 Å². The number of hydrogen-bond acceptors (Lipinski definition) is 6. The topological polar surface area (TPSA) is 54.8 Å². The Labute approximate surface area is 207 Å². The van der Waals surface area contributed by atoms with E-state index in [0.29, 0.717) is 19.0 Å². The van der Waals surface area contributed by atoms with Crippen LogP contribution < -0.4 is 9.47 Å². The zero-order valence-electron chi connectivity index (χ0n) is 19.2. The molecule has 3 aromatic rings. The molecule has 3 rings (SSSR count). The molecular formula is C24H32Cl2N2O3S. The van der Waals surface area contributed by atoms with Crippen molar-refractivity contribution in [1.82, 2.24) is 9.88 Å². The number of phenols is 1. The van der Waals surface area contributed by atoms with Gasteiger partial charge in [0.2, 0.25) is 0 Å². The standard InChI is InChI=1S/C24H30N2O3S.2ClH/c1-6-16-13-17(9-11-19(16)27)23-22(15-26(4)5)30-24(25-23)18-10-12-20(28-7-2)21(14-18)29-8-3;;/h9-14,27H,6-8,15H2,1-5H3;2*1H. The van der Waals surface area contributed by atoms with Crippen LogP contribution >= 0.6 is 36.2 Å². The molecule has 0 amide bonds. The van der Waals surface area contributed by atoms with Gasteiger partial charge in [0.1, 0.15) is 10.8 Å². The van der Waals surface area contributed by atoms with Crippen molar-refractivity contribution in [3.63, 3.8) is 0 Å². The summed E-state index contributed by atoms with van der Waals surface area (Å²) in [6.45, 7) is 7.94. The highest BCUT2D eigenvalue weighted by Gasteiger charge is 2.17. The highest BCUT2D eigenvalue weighted by molar-refractivity contribution is 7.15. The van der Waals surface area contributed by atoms with E-state index in [9.17, 15) is 5.11 Å². The molecule has 0 bridgehead atoms. The van der Waals surface area contributed by atoms with Crippen LogP contribution in [0.4, 0.5) is 0 Å². The summed E-state index contributed by atoms with van der Waals surface area (Å²) in [6.07, 6.45) is 0.774. The van der Waals surface area contributed by atoms with Gasteiger partial charge in [-0.3, -0.25) is 0 Å². The molecule has 1 aromatic heterocycles. The number of rotatable bonds is 9. The molecule has 0 saturated heterocycles. The van der Waals surface area contributed by atoms with E-state index in [-0.39, 0.29) is 24.8 Å². The lowest BCUT2D eigenvalue weighted by molar-refractivity contribution is 0.288. The predicted molar refractivity (Wildman–Crippen MR) is 138 cm³/mol. The van der Waals surface area contributed by atoms with Crippen LogP contribution in [0.25, 0.3) is 21.8 Å². The second-order valence-corrected chi connectivity index (χ2v) is 8.34. The molecule has 176 valence electrons. The molecule has 32 heavy (non-hydrogen) atoms. The van der Waals surface area contributed by atoms with E-state index in [2.05, 4.69) is 19.0 Å². The molecule has 0 spiro atoms. The molecule has 1 heterocycles. The molecule has 0 atom stereocenters. The third-order valence-corrected chi connectivity index (χ3v) is 5.77. The van der Waals surface area contributed by atoms with Crippen LogP contribution in [0, 0.1) is 0 Å². The third kappa shape index (κ3) is 6.51. The molecule has 0 radical (unpaired) electrons. The monoisotopic (exact) mass is 498 g/mol. The van der Waals surface area contributed by atoms with Gasteiger partial charge in [-0.1, -0.05) is 6.92 Å². The lowest BCUT2D eigenvalue weighted by Gasteiger charge is -2.11. The number of aromatic hydroxyl groups is 1. The van der Waals surface area contributed by atoms with Crippen LogP contribution in [0.3, 0.4) is 0 Å². The molecular weight excluding hydrogens is 467 g/mol. The highest BCUT2D eigenvalue weighted by atomic mass is 35.5. The van der Waals surface area contributed by atoms with Gasteiger partial charge in [0.05, 0.1) is 18.9 Å². The molecule has 0 fully saturated rings. The Morgan fingerprint density at radius 3 is 2.19 bits per heavy atom. The SMILES string of the molecule is CCOc1ccc(-c2nc(-c3ccc(O)c(CC)c3)c(CN(C)C)s2)cc1OCC.Cl.Cl. The summed E-state index contributed by atoms with van der Waals surface area (Å²) >= 11 is 1.69. The Hall–Kier alpha value is -1.99. The zero-order chi connectivity index (χ0) is 21.7. The van der Waals surface area contributed by atoms with Gasteiger partial charge in [-0.05, 0) is 76.3 Å². The van der Waals surface area contributed by atoms with Gasteiger partial charge in [-0.2, -0.15) is 0 Å². The number of nitrogens with zero attached hydrogens (tertiary/aromatic N) is 2. The Balaban J connectivity index is 0.00000256. The molecule has 0 unspecified atom stereocenters. The predicted octanol–water partition coefficient (Wildman–Crippen LogP) is 6.45. The average Bonchev–Trinajstić information content (AvgIpc) is 3.13. The molecule has 2 aromatic carbocycles. The first-order valence-electron chi connectivity index (χ1n) is 10.3. The van der Waals surface area contributed by atoms with Crippen LogP contribution in [0.2, 0.25) is 0 Å². The van der Waals surface area contributed by atoms with E-state index in [1.54, 1.807) is 17.4 Å². The molecule has 0 aliphatic rings. The van der Waals surface area contributed by atoms with Crippen molar-refractivity contribution in [2.75, 3.05) is 27.3 Å². The quantitative estimate of drug-likeness (QED) is 0.367. The van der Waals surface area contributed by atoms with Gasteiger partial charge in [0, 0.05) is 22.5 Å². The lowest BCUT2D eigenvalue weighted by Crippen LogP contribution is -2.10. The van der Waals surface area contributed by atoms with Crippen LogP contribution in [-0.4, -0.2) is 42.3 Å². The number of hydrogen-bond donors (Lipinski definition) is 1. The minimum Gasteiger partial charge on any atom is -0.508 e. The fourth-order valence-corrected chi connectivity index (χ4v) is 4.49. The van der Waals surface area contributed by atoms with Crippen molar-refractivity contribution in [1.29, 1.82) is 0 Å². The van der Waals surface area contributed by atoms with E-state index < -0.39 is 0 Å². The van der Waals surface area contributed by atoms with Crippen molar-refractivity contribution < 1.29 is 14.6 Å². The van der Waals surface area contributed by atoms with Gasteiger partial charge in [-0.25, -0.2) is 4.98 Å². The maximum atomic E-state index is 10.1. The molecule has 8 heteroatoms. The van der Waals surface area contributed by atoms with Gasteiger partial charge in [0.15, 0.2) is 11.5 Å². The van der Waals surface area contributed by atoms with Crippen molar-refractivity contribution in [2.45, 2.75) is 33.7 Å². The van der Waals surface area contributed by atoms with Gasteiger partial charge < -0.3 is 19.5 Å². The number of aromatic nitrogens is 1. The van der Waals surface area contributed by atoms with Crippen molar-refractivity contribution in [3.05, 3.63) is 46.8 Å². The fraction of sp³-hybridized carbons (Fsp3) is 0.375. The summed E-state index contributed by atoms with van der Waals surface area (Å²) < 4.78 is 11.5. The third-order valence-electron chi connectivity index (χ3n) is 4.68. The molecule has 1 N–H and O–H groups in total. The fourth-order valence-electron chi connectivity index (χ4n) is 3.30. The second-order valence-electron chi connectivity index (χ2n) is 7.25. The molecule has 0 aliphatic heterocycles. The van der Waals surface area contributed by atoms with Gasteiger partial charge in [0.25, 0.3) is 0 Å². The number of aryl methyl sites for hydroxylation is 1. The number of phenolic OH excluding ortho intramolecular Hbond substituents is 1. The number of benzene rings is 2. The van der Waals surface area contributed by atoms with Gasteiger partial charge >= 0.3 is 0 Å². The van der Waals surface area contributed by atoms with E-state index in [0.717, 1.165) is 51.9 Å². The second kappa shape index (κ2) is 12.9. The summed E-state index contributed by atoms with van der Waals surface area (Å²) in [5.74, 6) is 1.82. The highest BCUT2D eigenvalue weighted by Crippen LogP contribution is 2.39. The van der Waals surface area contributed by atoms with Crippen LogP contribution in [0.15, 0.2) is 36.4 Å². The first-order chi connectivity index (χ1) is 14.5. The van der Waals surface area contributed by atoms with E-state index in [4.69, 9.17) is 14.5 Å². The Morgan fingerprint density at radius 1 is 0.906 bits per heavy atom. The van der Waals surface area contributed by atoms with Crippen LogP contribution in [0.1, 0.15) is 31.2 Å². The first-order valence-corrected chi connectivity index (χ1v) is 11.1. The minimum atomic E-state index is 0. The average molecular weight is 500 g/mol. The lowest BCUT2D eigenvalue weighted by atomic mass is 10.0.